The van der Waals surface area contributed by atoms with Crippen molar-refractivity contribution in [2.24, 2.45) is 0 Å². The average molecular weight is 457 g/mol. The Balaban J connectivity index is 1.43. The maximum atomic E-state index is 12.7. The molecule has 0 N–H and O–H groups in total. The quantitative estimate of drug-likeness (QED) is 0.549. The molecule has 162 valence electrons. The molecule has 8 heteroatoms. The molecule has 0 bridgehead atoms. The molecule has 1 aliphatic heterocycles. The molecule has 1 fully saturated rings. The van der Waals surface area contributed by atoms with Crippen molar-refractivity contribution in [1.29, 1.82) is 0 Å². The second kappa shape index (κ2) is 8.37. The van der Waals surface area contributed by atoms with Gasteiger partial charge in [-0.25, -0.2) is 14.8 Å². The molecule has 2 aromatic heterocycles. The van der Waals surface area contributed by atoms with E-state index in [0.717, 1.165) is 61.1 Å². The summed E-state index contributed by atoms with van der Waals surface area (Å²) < 4.78 is 5.13. The number of anilines is 1. The Morgan fingerprint density at radius 3 is 2.68 bits per heavy atom. The minimum absolute atomic E-state index is 0.280. The zero-order valence-electron chi connectivity index (χ0n) is 17.7. The predicted octanol–water partition coefficient (Wildman–Crippen LogP) is 4.18. The summed E-state index contributed by atoms with van der Waals surface area (Å²) in [6.45, 7) is 4.99. The number of rotatable bonds is 4. The molecule has 0 unspecified atom stereocenters. The lowest BCUT2D eigenvalue weighted by atomic mass is 10.0. The summed E-state index contributed by atoms with van der Waals surface area (Å²) in [6, 6.07) is 7.01. The van der Waals surface area contributed by atoms with Gasteiger partial charge >= 0.3 is 5.97 Å². The lowest BCUT2D eigenvalue weighted by molar-refractivity contribution is -0.147. The van der Waals surface area contributed by atoms with E-state index >= 15 is 0 Å². The zero-order valence-corrected chi connectivity index (χ0v) is 19.3. The molecule has 1 aliphatic carbocycles. The Labute approximate surface area is 190 Å². The van der Waals surface area contributed by atoms with E-state index in [2.05, 4.69) is 9.80 Å². The minimum Gasteiger partial charge on any atom is -0.468 e. The number of ether oxygens (including phenoxy) is 1. The number of hydrogen-bond acceptors (Lipinski definition) is 7. The van der Waals surface area contributed by atoms with E-state index in [1.54, 1.807) is 0 Å². The summed E-state index contributed by atoms with van der Waals surface area (Å²) in [5.41, 5.74) is 2.24. The number of benzene rings is 1. The number of methoxy groups -OCH3 is 1. The van der Waals surface area contributed by atoms with Crippen molar-refractivity contribution < 1.29 is 9.53 Å². The van der Waals surface area contributed by atoms with Crippen molar-refractivity contribution in [3.8, 4) is 0 Å². The fourth-order valence-electron chi connectivity index (χ4n) is 4.78. The third-order valence-electron chi connectivity index (χ3n) is 6.26. The van der Waals surface area contributed by atoms with E-state index in [1.165, 1.54) is 29.4 Å². The smallest absolute Gasteiger partial charge is 0.327 e. The van der Waals surface area contributed by atoms with Gasteiger partial charge in [-0.1, -0.05) is 29.8 Å². The topological polar surface area (TPSA) is 58.6 Å². The van der Waals surface area contributed by atoms with Crippen molar-refractivity contribution in [2.45, 2.75) is 32.2 Å². The molecular formula is C23H25ClN4O2S. The standard InChI is InChI=1S/C23H25ClN4O2S/c1-14-25-21(19-16-7-5-9-18(16)31-22(19)26-14)28-12-10-27(11-13-28)20(23(29)30-2)15-6-3-4-8-17(15)24/h3-4,6,8,20H,5,7,9-13H2,1-2H3/t20-/m0/s1. The van der Waals surface area contributed by atoms with Gasteiger partial charge in [-0.3, -0.25) is 4.90 Å². The molecule has 0 radical (unpaired) electrons. The molecule has 0 spiro atoms. The Hall–Kier alpha value is -2.22. The number of thiophene rings is 1. The summed E-state index contributed by atoms with van der Waals surface area (Å²) in [6.07, 6.45) is 3.49. The molecule has 6 nitrogen and oxygen atoms in total. The third kappa shape index (κ3) is 3.69. The van der Waals surface area contributed by atoms with Crippen molar-refractivity contribution in [1.82, 2.24) is 14.9 Å². The van der Waals surface area contributed by atoms with Gasteiger partial charge in [0.05, 0.1) is 12.5 Å². The van der Waals surface area contributed by atoms with Crippen molar-refractivity contribution in [3.63, 3.8) is 0 Å². The van der Waals surface area contributed by atoms with Gasteiger partial charge in [-0.05, 0) is 43.4 Å². The van der Waals surface area contributed by atoms with E-state index in [9.17, 15) is 4.79 Å². The molecule has 1 atom stereocenters. The van der Waals surface area contributed by atoms with Crippen molar-refractivity contribution in [3.05, 3.63) is 51.1 Å². The molecule has 3 aromatic rings. The van der Waals surface area contributed by atoms with Crippen LogP contribution in [0.1, 0.15) is 34.3 Å². The second-order valence-corrected chi connectivity index (χ2v) is 9.59. The molecular weight excluding hydrogens is 432 g/mol. The van der Waals surface area contributed by atoms with Crippen LogP contribution >= 0.6 is 22.9 Å². The van der Waals surface area contributed by atoms with E-state index in [0.29, 0.717) is 5.02 Å². The lowest BCUT2D eigenvalue weighted by Crippen LogP contribution is -2.50. The maximum Gasteiger partial charge on any atom is 0.327 e. The van der Waals surface area contributed by atoms with Crippen LogP contribution in [0.2, 0.25) is 5.02 Å². The number of nitrogens with zero attached hydrogens (tertiary/aromatic N) is 4. The molecule has 0 saturated carbocycles. The second-order valence-electron chi connectivity index (χ2n) is 8.10. The van der Waals surface area contributed by atoms with Crippen LogP contribution in [-0.2, 0) is 22.4 Å². The number of hydrogen-bond donors (Lipinski definition) is 0. The van der Waals surface area contributed by atoms with Gasteiger partial charge in [0.25, 0.3) is 0 Å². The van der Waals surface area contributed by atoms with Gasteiger partial charge < -0.3 is 9.64 Å². The predicted molar refractivity (Wildman–Crippen MR) is 124 cm³/mol. The number of carbonyl (C=O) groups is 1. The Morgan fingerprint density at radius 2 is 1.94 bits per heavy atom. The largest absolute Gasteiger partial charge is 0.468 e. The Kier molecular flexibility index (Phi) is 5.58. The van der Waals surface area contributed by atoms with Crippen LogP contribution in [0.4, 0.5) is 5.82 Å². The normalized spacial score (nSPS) is 17.7. The van der Waals surface area contributed by atoms with E-state index in [-0.39, 0.29) is 5.97 Å². The first-order valence-corrected chi connectivity index (χ1v) is 11.9. The van der Waals surface area contributed by atoms with Crippen molar-refractivity contribution in [2.75, 3.05) is 38.2 Å². The first kappa shape index (κ1) is 20.7. The number of piperazine rings is 1. The van der Waals surface area contributed by atoms with Crippen LogP contribution < -0.4 is 4.90 Å². The first-order valence-electron chi connectivity index (χ1n) is 10.7. The SMILES string of the molecule is COC(=O)[C@H](c1ccccc1Cl)N1CCN(c2nc(C)nc3sc4c(c23)CCC4)CC1. The summed E-state index contributed by atoms with van der Waals surface area (Å²) >= 11 is 8.25. The number of fused-ring (bicyclic) bond motifs is 3. The van der Waals surface area contributed by atoms with Crippen LogP contribution in [0.15, 0.2) is 24.3 Å². The first-order chi connectivity index (χ1) is 15.1. The summed E-state index contributed by atoms with van der Waals surface area (Å²) in [4.78, 5) is 29.3. The van der Waals surface area contributed by atoms with Crippen LogP contribution in [0.5, 0.6) is 0 Å². The van der Waals surface area contributed by atoms with Crippen LogP contribution in [0.3, 0.4) is 0 Å². The maximum absolute atomic E-state index is 12.7. The van der Waals surface area contributed by atoms with E-state index in [4.69, 9.17) is 26.3 Å². The highest BCUT2D eigenvalue weighted by atomic mass is 35.5. The van der Waals surface area contributed by atoms with Crippen LogP contribution in [0, 0.1) is 6.92 Å². The highest BCUT2D eigenvalue weighted by molar-refractivity contribution is 7.19. The molecule has 5 rings (SSSR count). The summed E-state index contributed by atoms with van der Waals surface area (Å²) in [7, 11) is 1.43. The average Bonchev–Trinajstić information content (AvgIpc) is 3.36. The summed E-state index contributed by atoms with van der Waals surface area (Å²) in [5.74, 6) is 1.58. The Bertz CT molecular complexity index is 1140. The van der Waals surface area contributed by atoms with Gasteiger partial charge in [0, 0.05) is 36.1 Å². The van der Waals surface area contributed by atoms with Gasteiger partial charge in [-0.2, -0.15) is 0 Å². The van der Waals surface area contributed by atoms with E-state index in [1.807, 2.05) is 42.5 Å². The van der Waals surface area contributed by atoms with Gasteiger partial charge in [-0.15, -0.1) is 11.3 Å². The molecule has 0 amide bonds. The van der Waals surface area contributed by atoms with E-state index < -0.39 is 6.04 Å². The highest BCUT2D eigenvalue weighted by Crippen LogP contribution is 2.41. The number of aryl methyl sites for hydroxylation is 3. The minimum atomic E-state index is -0.501. The molecule has 2 aliphatic rings. The number of esters is 1. The molecule has 1 saturated heterocycles. The molecule has 3 heterocycles. The number of carbonyl (C=O) groups excluding carboxylic acids is 1. The van der Waals surface area contributed by atoms with Crippen LogP contribution in [-0.4, -0.2) is 54.1 Å². The van der Waals surface area contributed by atoms with Crippen LogP contribution in [0.25, 0.3) is 10.2 Å². The molecule has 31 heavy (non-hydrogen) atoms. The highest BCUT2D eigenvalue weighted by Gasteiger charge is 2.34. The van der Waals surface area contributed by atoms with Gasteiger partial charge in [0.1, 0.15) is 22.5 Å². The van der Waals surface area contributed by atoms with Crippen molar-refractivity contribution >= 4 is 44.9 Å². The van der Waals surface area contributed by atoms with Gasteiger partial charge in [0.2, 0.25) is 0 Å². The van der Waals surface area contributed by atoms with Gasteiger partial charge in [0.15, 0.2) is 0 Å². The number of halogens is 1. The monoisotopic (exact) mass is 456 g/mol. The third-order valence-corrected chi connectivity index (χ3v) is 7.79. The fraction of sp³-hybridized carbons (Fsp3) is 0.435. The summed E-state index contributed by atoms with van der Waals surface area (Å²) in [5, 5.41) is 1.83. The zero-order chi connectivity index (χ0) is 21.5. The lowest BCUT2D eigenvalue weighted by Gasteiger charge is -2.39. The molecule has 1 aromatic carbocycles. The number of aromatic nitrogens is 2. The fourth-order valence-corrected chi connectivity index (χ4v) is 6.32. The Morgan fingerprint density at radius 1 is 1.16 bits per heavy atom.